The molecule has 1 saturated heterocycles. The summed E-state index contributed by atoms with van der Waals surface area (Å²) in [6, 6.07) is 9.87. The van der Waals surface area contributed by atoms with Gasteiger partial charge in [-0.05, 0) is 57.8 Å². The third-order valence-corrected chi connectivity index (χ3v) is 3.82. The van der Waals surface area contributed by atoms with Gasteiger partial charge in [0.1, 0.15) is 0 Å². The Bertz CT molecular complexity index is 413. The van der Waals surface area contributed by atoms with Crippen LogP contribution in [0.25, 0.3) is 0 Å². The molecule has 0 unspecified atom stereocenters. The average Bonchev–Trinajstić information content (AvgIpc) is 2.46. The summed E-state index contributed by atoms with van der Waals surface area (Å²) in [5.74, 6) is 0.611. The van der Waals surface area contributed by atoms with E-state index in [0.29, 0.717) is 5.92 Å². The van der Waals surface area contributed by atoms with Gasteiger partial charge in [-0.3, -0.25) is 0 Å². The predicted molar refractivity (Wildman–Crippen MR) is 82.9 cm³/mol. The van der Waals surface area contributed by atoms with E-state index in [1.54, 1.807) is 0 Å². The summed E-state index contributed by atoms with van der Waals surface area (Å²) in [5, 5.41) is 6.35. The van der Waals surface area contributed by atoms with Crippen molar-refractivity contribution in [3.8, 4) is 0 Å². The molecule has 0 bridgehead atoms. The Morgan fingerprint density at radius 3 is 2.55 bits per heavy atom. The van der Waals surface area contributed by atoms with Gasteiger partial charge in [-0.25, -0.2) is 4.79 Å². The zero-order chi connectivity index (χ0) is 14.4. The van der Waals surface area contributed by atoms with Crippen LogP contribution in [0.2, 0.25) is 0 Å². The number of hydrogen-bond acceptors (Lipinski definition) is 2. The fraction of sp³-hybridized carbons (Fsp3) is 0.562. The summed E-state index contributed by atoms with van der Waals surface area (Å²) in [6.45, 7) is 7.13. The van der Waals surface area contributed by atoms with Crippen molar-refractivity contribution >= 4 is 11.7 Å². The summed E-state index contributed by atoms with van der Waals surface area (Å²) < 4.78 is 0. The molecule has 4 heteroatoms. The number of hydrogen-bond donors (Lipinski definition) is 2. The highest BCUT2D eigenvalue weighted by atomic mass is 16.2. The third-order valence-electron chi connectivity index (χ3n) is 3.82. The predicted octanol–water partition coefficient (Wildman–Crippen LogP) is 2.93. The lowest BCUT2D eigenvalue weighted by Crippen LogP contribution is -2.44. The van der Waals surface area contributed by atoms with Crippen LogP contribution in [-0.4, -0.2) is 36.6 Å². The van der Waals surface area contributed by atoms with Crippen LogP contribution in [0.1, 0.15) is 26.7 Å². The molecule has 4 nitrogen and oxygen atoms in total. The summed E-state index contributed by atoms with van der Waals surface area (Å²) >= 11 is 0. The standard InChI is InChI=1S/C16H25N3O/c1-13(2)19(12-14-8-10-17-11-9-14)16(20)18-15-6-4-3-5-7-15/h3-7,13-14,17H,8-12H2,1-2H3,(H,18,20). The van der Waals surface area contributed by atoms with Gasteiger partial charge in [0.05, 0.1) is 0 Å². The lowest BCUT2D eigenvalue weighted by molar-refractivity contribution is 0.175. The van der Waals surface area contributed by atoms with Crippen LogP contribution in [-0.2, 0) is 0 Å². The maximum absolute atomic E-state index is 12.4. The van der Waals surface area contributed by atoms with Crippen LogP contribution < -0.4 is 10.6 Å². The Morgan fingerprint density at radius 1 is 1.30 bits per heavy atom. The molecule has 0 aromatic heterocycles. The largest absolute Gasteiger partial charge is 0.322 e. The Hall–Kier alpha value is -1.55. The fourth-order valence-electron chi connectivity index (χ4n) is 2.59. The summed E-state index contributed by atoms with van der Waals surface area (Å²) in [4.78, 5) is 14.4. The second-order valence-electron chi connectivity index (χ2n) is 5.74. The van der Waals surface area contributed by atoms with E-state index >= 15 is 0 Å². The van der Waals surface area contributed by atoms with Crippen molar-refractivity contribution in [2.75, 3.05) is 25.0 Å². The van der Waals surface area contributed by atoms with E-state index in [1.807, 2.05) is 35.2 Å². The minimum atomic E-state index is 0.00438. The number of anilines is 1. The van der Waals surface area contributed by atoms with E-state index in [1.165, 1.54) is 0 Å². The Kier molecular flexibility index (Phi) is 5.41. The van der Waals surface area contributed by atoms with Crippen molar-refractivity contribution < 1.29 is 4.79 Å². The van der Waals surface area contributed by atoms with Crippen LogP contribution in [0.15, 0.2) is 30.3 Å². The van der Waals surface area contributed by atoms with Gasteiger partial charge in [-0.2, -0.15) is 0 Å². The molecule has 1 fully saturated rings. The van der Waals surface area contributed by atoms with Gasteiger partial charge in [0.2, 0.25) is 0 Å². The quantitative estimate of drug-likeness (QED) is 0.887. The fourth-order valence-corrected chi connectivity index (χ4v) is 2.59. The smallest absolute Gasteiger partial charge is 0.322 e. The van der Waals surface area contributed by atoms with Crippen molar-refractivity contribution in [2.45, 2.75) is 32.7 Å². The molecule has 1 heterocycles. The van der Waals surface area contributed by atoms with Gasteiger partial charge in [0.25, 0.3) is 0 Å². The van der Waals surface area contributed by atoms with Crippen molar-refractivity contribution in [3.05, 3.63) is 30.3 Å². The molecule has 1 aliphatic rings. The molecule has 0 atom stereocenters. The van der Waals surface area contributed by atoms with Gasteiger partial charge in [-0.1, -0.05) is 18.2 Å². The van der Waals surface area contributed by atoms with Crippen molar-refractivity contribution in [1.29, 1.82) is 0 Å². The van der Waals surface area contributed by atoms with E-state index in [2.05, 4.69) is 24.5 Å². The number of rotatable bonds is 4. The van der Waals surface area contributed by atoms with Crippen molar-refractivity contribution in [1.82, 2.24) is 10.2 Å². The minimum absolute atomic E-state index is 0.00438. The number of nitrogens with one attached hydrogen (secondary N) is 2. The van der Waals surface area contributed by atoms with Gasteiger partial charge >= 0.3 is 6.03 Å². The molecule has 0 radical (unpaired) electrons. The van der Waals surface area contributed by atoms with Gasteiger partial charge < -0.3 is 15.5 Å². The van der Waals surface area contributed by atoms with Gasteiger partial charge in [-0.15, -0.1) is 0 Å². The van der Waals surface area contributed by atoms with E-state index in [-0.39, 0.29) is 12.1 Å². The lowest BCUT2D eigenvalue weighted by Gasteiger charge is -2.32. The monoisotopic (exact) mass is 275 g/mol. The van der Waals surface area contributed by atoms with E-state index in [9.17, 15) is 4.79 Å². The number of amides is 2. The molecule has 1 aliphatic heterocycles. The average molecular weight is 275 g/mol. The maximum Gasteiger partial charge on any atom is 0.322 e. The molecule has 2 N–H and O–H groups in total. The molecule has 0 aliphatic carbocycles. The molecule has 0 saturated carbocycles. The minimum Gasteiger partial charge on any atom is -0.322 e. The maximum atomic E-state index is 12.4. The van der Waals surface area contributed by atoms with Crippen LogP contribution in [0, 0.1) is 5.92 Å². The molecule has 0 spiro atoms. The van der Waals surface area contributed by atoms with Gasteiger partial charge in [0, 0.05) is 18.3 Å². The Morgan fingerprint density at radius 2 is 1.95 bits per heavy atom. The zero-order valence-electron chi connectivity index (χ0n) is 12.4. The molecule has 2 rings (SSSR count). The molecule has 110 valence electrons. The number of urea groups is 1. The summed E-state index contributed by atoms with van der Waals surface area (Å²) in [5.41, 5.74) is 0.855. The van der Waals surface area contributed by atoms with Crippen LogP contribution in [0.5, 0.6) is 0 Å². The highest BCUT2D eigenvalue weighted by Gasteiger charge is 2.22. The molecular formula is C16H25N3O. The highest BCUT2D eigenvalue weighted by molar-refractivity contribution is 5.89. The number of nitrogens with zero attached hydrogens (tertiary/aromatic N) is 1. The second kappa shape index (κ2) is 7.29. The SMILES string of the molecule is CC(C)N(CC1CCNCC1)C(=O)Nc1ccccc1. The number of piperidine rings is 1. The first-order chi connectivity index (χ1) is 9.66. The number of benzene rings is 1. The van der Waals surface area contributed by atoms with E-state index < -0.39 is 0 Å². The molecule has 20 heavy (non-hydrogen) atoms. The first-order valence-electron chi connectivity index (χ1n) is 7.50. The molecular weight excluding hydrogens is 250 g/mol. The van der Waals surface area contributed by atoms with Crippen LogP contribution >= 0.6 is 0 Å². The first kappa shape index (κ1) is 14.9. The molecule has 1 aromatic rings. The highest BCUT2D eigenvalue weighted by Crippen LogP contribution is 2.16. The number of carbonyl (C=O) groups excluding carboxylic acids is 1. The van der Waals surface area contributed by atoms with E-state index in [4.69, 9.17) is 0 Å². The molecule has 2 amide bonds. The zero-order valence-corrected chi connectivity index (χ0v) is 12.4. The number of carbonyl (C=O) groups is 1. The lowest BCUT2D eigenvalue weighted by atomic mass is 9.97. The topological polar surface area (TPSA) is 44.4 Å². The first-order valence-corrected chi connectivity index (χ1v) is 7.50. The van der Waals surface area contributed by atoms with Crippen molar-refractivity contribution in [3.63, 3.8) is 0 Å². The second-order valence-corrected chi connectivity index (χ2v) is 5.74. The normalized spacial score (nSPS) is 16.1. The summed E-state index contributed by atoms with van der Waals surface area (Å²) in [7, 11) is 0. The van der Waals surface area contributed by atoms with Crippen molar-refractivity contribution in [2.24, 2.45) is 5.92 Å². The Labute approximate surface area is 121 Å². The number of para-hydroxylation sites is 1. The molecule has 1 aromatic carbocycles. The van der Waals surface area contributed by atoms with Crippen LogP contribution in [0.3, 0.4) is 0 Å². The Balaban J connectivity index is 1.95. The summed E-state index contributed by atoms with van der Waals surface area (Å²) in [6.07, 6.45) is 2.31. The third kappa shape index (κ3) is 4.23. The van der Waals surface area contributed by atoms with Gasteiger partial charge in [0.15, 0.2) is 0 Å². The van der Waals surface area contributed by atoms with Crippen LogP contribution in [0.4, 0.5) is 10.5 Å². The van der Waals surface area contributed by atoms with E-state index in [0.717, 1.165) is 38.2 Å².